The quantitative estimate of drug-likeness (QED) is 0.628. The molecule has 0 bridgehead atoms. The Morgan fingerprint density at radius 3 is 2.55 bits per heavy atom. The number of hydrogen-bond donors (Lipinski definition) is 1. The van der Waals surface area contributed by atoms with E-state index in [2.05, 4.69) is 0 Å². The number of rotatable bonds is 1. The molecule has 0 aliphatic rings. The van der Waals surface area contributed by atoms with Gasteiger partial charge in [0.25, 0.3) is 0 Å². The number of aldehydes is 1. The number of phenolic OH excluding ortho intramolecular Hbond substituents is 1. The topological polar surface area (TPSA) is 37.3 Å². The van der Waals surface area contributed by atoms with Crippen molar-refractivity contribution >= 4 is 6.29 Å². The van der Waals surface area contributed by atoms with Gasteiger partial charge in [0.15, 0.2) is 23.7 Å². The van der Waals surface area contributed by atoms with Gasteiger partial charge in [-0.1, -0.05) is 0 Å². The first kappa shape index (κ1) is 7.65. The van der Waals surface area contributed by atoms with Gasteiger partial charge in [0.1, 0.15) is 0 Å². The van der Waals surface area contributed by atoms with Crippen LogP contribution in [0.5, 0.6) is 5.75 Å². The Hall–Kier alpha value is -1.45. The maximum atomic E-state index is 12.5. The Morgan fingerprint density at radius 2 is 2.00 bits per heavy atom. The third-order valence-electron chi connectivity index (χ3n) is 1.22. The molecule has 0 heterocycles. The molecule has 58 valence electrons. The monoisotopic (exact) mass is 158 g/mol. The van der Waals surface area contributed by atoms with E-state index in [1.807, 2.05) is 0 Å². The molecule has 0 fully saturated rings. The molecule has 1 aromatic carbocycles. The number of phenols is 1. The second-order valence-electron chi connectivity index (χ2n) is 1.92. The molecule has 0 saturated heterocycles. The predicted octanol–water partition coefficient (Wildman–Crippen LogP) is 1.48. The zero-order valence-electron chi connectivity index (χ0n) is 5.34. The lowest BCUT2D eigenvalue weighted by Gasteiger charge is -1.97. The molecular weight excluding hydrogens is 154 g/mol. The van der Waals surface area contributed by atoms with Crippen LogP contribution in [0.3, 0.4) is 0 Å². The molecule has 0 amide bonds. The van der Waals surface area contributed by atoms with Crippen LogP contribution >= 0.6 is 0 Å². The number of halogens is 2. The Morgan fingerprint density at radius 1 is 1.36 bits per heavy atom. The lowest BCUT2D eigenvalue weighted by atomic mass is 10.2. The Bertz CT molecular complexity index is 297. The predicted molar refractivity (Wildman–Crippen MR) is 33.4 cm³/mol. The van der Waals surface area contributed by atoms with Crippen molar-refractivity contribution in [2.75, 3.05) is 0 Å². The molecule has 2 nitrogen and oxygen atoms in total. The second kappa shape index (κ2) is 2.65. The van der Waals surface area contributed by atoms with Crippen molar-refractivity contribution in [3.05, 3.63) is 29.3 Å². The van der Waals surface area contributed by atoms with Gasteiger partial charge in [0.2, 0.25) is 0 Å². The third-order valence-corrected chi connectivity index (χ3v) is 1.22. The van der Waals surface area contributed by atoms with Gasteiger partial charge in [0.05, 0.1) is 5.56 Å². The number of aromatic hydroxyl groups is 1. The summed E-state index contributed by atoms with van der Waals surface area (Å²) in [6.45, 7) is 0. The Labute approximate surface area is 61.1 Å². The van der Waals surface area contributed by atoms with Crippen molar-refractivity contribution in [3.8, 4) is 5.75 Å². The van der Waals surface area contributed by atoms with Crippen LogP contribution in [0.15, 0.2) is 12.1 Å². The highest BCUT2D eigenvalue weighted by Gasteiger charge is 2.10. The summed E-state index contributed by atoms with van der Waals surface area (Å²) in [5.74, 6) is -3.41. The van der Waals surface area contributed by atoms with Gasteiger partial charge in [0, 0.05) is 0 Å². The highest BCUT2D eigenvalue weighted by molar-refractivity contribution is 5.76. The van der Waals surface area contributed by atoms with Crippen LogP contribution in [0.4, 0.5) is 8.78 Å². The normalized spacial score (nSPS) is 9.64. The first-order valence-corrected chi connectivity index (χ1v) is 2.79. The van der Waals surface area contributed by atoms with Crippen LogP contribution in [0.1, 0.15) is 10.4 Å². The van der Waals surface area contributed by atoms with Crippen molar-refractivity contribution in [1.82, 2.24) is 0 Å². The van der Waals surface area contributed by atoms with Crippen LogP contribution in [0.25, 0.3) is 0 Å². The minimum absolute atomic E-state index is 0.203. The molecule has 0 saturated carbocycles. The van der Waals surface area contributed by atoms with Gasteiger partial charge in [-0.2, -0.15) is 0 Å². The molecule has 1 N–H and O–H groups in total. The van der Waals surface area contributed by atoms with Gasteiger partial charge in [-0.25, -0.2) is 8.78 Å². The van der Waals surface area contributed by atoms with E-state index >= 15 is 0 Å². The van der Waals surface area contributed by atoms with Crippen molar-refractivity contribution in [3.63, 3.8) is 0 Å². The second-order valence-corrected chi connectivity index (χ2v) is 1.92. The van der Waals surface area contributed by atoms with Crippen LogP contribution in [0, 0.1) is 11.6 Å². The summed E-state index contributed by atoms with van der Waals surface area (Å²) in [5.41, 5.74) is -0.357. The van der Waals surface area contributed by atoms with Gasteiger partial charge in [-0.3, -0.25) is 4.79 Å². The molecule has 0 radical (unpaired) electrons. The Kier molecular flexibility index (Phi) is 1.85. The molecule has 0 aliphatic carbocycles. The van der Waals surface area contributed by atoms with Gasteiger partial charge < -0.3 is 5.11 Å². The number of carbonyl (C=O) groups excluding carboxylic acids is 1. The number of benzene rings is 1. The molecule has 0 unspecified atom stereocenters. The molecule has 0 spiro atoms. The standard InChI is InChI=1S/C7H4F2O2/c8-5-2-1-4(3-10)6(9)7(5)11/h1-3,11H. The fourth-order valence-electron chi connectivity index (χ4n) is 0.648. The fraction of sp³-hybridized carbons (Fsp3) is 0. The zero-order chi connectivity index (χ0) is 8.43. The zero-order valence-corrected chi connectivity index (χ0v) is 5.34. The van der Waals surface area contributed by atoms with E-state index in [1.165, 1.54) is 0 Å². The number of hydrogen-bond acceptors (Lipinski definition) is 2. The highest BCUT2D eigenvalue weighted by atomic mass is 19.1. The minimum atomic E-state index is -1.22. The molecule has 0 atom stereocenters. The summed E-state index contributed by atoms with van der Waals surface area (Å²) in [6.07, 6.45) is 0.203. The van der Waals surface area contributed by atoms with Gasteiger partial charge in [-0.15, -0.1) is 0 Å². The number of carbonyl (C=O) groups is 1. The molecule has 4 heteroatoms. The molecule has 11 heavy (non-hydrogen) atoms. The summed E-state index contributed by atoms with van der Waals surface area (Å²) in [6, 6.07) is 1.78. The van der Waals surface area contributed by atoms with Crippen LogP contribution in [-0.4, -0.2) is 11.4 Å². The minimum Gasteiger partial charge on any atom is -0.503 e. The van der Waals surface area contributed by atoms with E-state index in [1.54, 1.807) is 0 Å². The summed E-state index contributed by atoms with van der Waals surface area (Å²) in [5, 5.41) is 8.61. The average molecular weight is 158 g/mol. The molecule has 1 aromatic rings. The van der Waals surface area contributed by atoms with E-state index in [9.17, 15) is 13.6 Å². The maximum Gasteiger partial charge on any atom is 0.188 e. The van der Waals surface area contributed by atoms with E-state index in [-0.39, 0.29) is 11.8 Å². The summed E-state index contributed by atoms with van der Waals surface area (Å²) in [4.78, 5) is 10.0. The van der Waals surface area contributed by atoms with E-state index in [0.717, 1.165) is 12.1 Å². The van der Waals surface area contributed by atoms with Crippen molar-refractivity contribution < 1.29 is 18.7 Å². The first-order valence-electron chi connectivity index (χ1n) is 2.79. The summed E-state index contributed by atoms with van der Waals surface area (Å²) < 4.78 is 24.8. The summed E-state index contributed by atoms with van der Waals surface area (Å²) in [7, 11) is 0. The molecular formula is C7H4F2O2. The van der Waals surface area contributed by atoms with Gasteiger partial charge >= 0.3 is 0 Å². The maximum absolute atomic E-state index is 12.5. The SMILES string of the molecule is O=Cc1ccc(F)c(O)c1F. The average Bonchev–Trinajstić information content (AvgIpc) is 2.01. The van der Waals surface area contributed by atoms with Crippen molar-refractivity contribution in [1.29, 1.82) is 0 Å². The van der Waals surface area contributed by atoms with Gasteiger partial charge in [-0.05, 0) is 12.1 Å². The lowest BCUT2D eigenvalue weighted by molar-refractivity contribution is 0.111. The first-order chi connectivity index (χ1) is 5.16. The summed E-state index contributed by atoms with van der Waals surface area (Å²) >= 11 is 0. The van der Waals surface area contributed by atoms with Crippen molar-refractivity contribution in [2.24, 2.45) is 0 Å². The van der Waals surface area contributed by atoms with Crippen LogP contribution < -0.4 is 0 Å². The largest absolute Gasteiger partial charge is 0.503 e. The third kappa shape index (κ3) is 1.19. The highest BCUT2D eigenvalue weighted by Crippen LogP contribution is 2.21. The van der Waals surface area contributed by atoms with E-state index in [4.69, 9.17) is 5.11 Å². The van der Waals surface area contributed by atoms with Crippen molar-refractivity contribution in [2.45, 2.75) is 0 Å². The molecule has 0 aromatic heterocycles. The lowest BCUT2D eigenvalue weighted by Crippen LogP contribution is -1.89. The van der Waals surface area contributed by atoms with Crippen LogP contribution in [0.2, 0.25) is 0 Å². The van der Waals surface area contributed by atoms with Crippen LogP contribution in [-0.2, 0) is 0 Å². The molecule has 0 aliphatic heterocycles. The fourth-order valence-corrected chi connectivity index (χ4v) is 0.648. The molecule has 1 rings (SSSR count). The smallest absolute Gasteiger partial charge is 0.188 e. The van der Waals surface area contributed by atoms with E-state index < -0.39 is 17.4 Å². The Balaban J connectivity index is 3.36. The van der Waals surface area contributed by atoms with E-state index in [0.29, 0.717) is 0 Å².